The maximum atomic E-state index is 13.6. The summed E-state index contributed by atoms with van der Waals surface area (Å²) in [4.78, 5) is 22.0. The maximum absolute atomic E-state index is 13.6. The molecule has 1 amide bonds. The number of carbonyl (C=O) groups excluding carboxylic acids is 1. The fraction of sp³-hybridized carbons (Fsp3) is 0.148. The molecule has 3 aromatic carbocycles. The summed E-state index contributed by atoms with van der Waals surface area (Å²) in [5.41, 5.74) is 5.49. The molecule has 5 aromatic rings. The molecule has 0 radical (unpaired) electrons. The minimum Gasteiger partial charge on any atom is -0.487 e. The van der Waals surface area contributed by atoms with Crippen molar-refractivity contribution in [3.63, 3.8) is 0 Å². The zero-order valence-electron chi connectivity index (χ0n) is 17.8. The molecular formula is C27H22ClN3O2. The number of alkyl halides is 1. The van der Waals surface area contributed by atoms with E-state index in [4.69, 9.17) is 16.3 Å². The number of H-pyrrole nitrogens is 2. The predicted octanol–water partition coefficient (Wildman–Crippen LogP) is 6.21. The average Bonchev–Trinajstić information content (AvgIpc) is 3.58. The number of carbonyl (C=O) groups is 1. The number of benzene rings is 3. The number of hydrogen-bond acceptors (Lipinski definition) is 2. The Kier molecular flexibility index (Phi) is 4.84. The zero-order chi connectivity index (χ0) is 22.4. The van der Waals surface area contributed by atoms with Gasteiger partial charge in [-0.2, -0.15) is 0 Å². The van der Waals surface area contributed by atoms with E-state index in [9.17, 15) is 4.79 Å². The lowest BCUT2D eigenvalue weighted by molar-refractivity contribution is 0.0984. The van der Waals surface area contributed by atoms with Gasteiger partial charge in [-0.25, -0.2) is 0 Å². The molecule has 1 atom stereocenters. The highest BCUT2D eigenvalue weighted by atomic mass is 35.5. The molecule has 2 N–H and O–H groups in total. The molecule has 2 aromatic heterocycles. The molecule has 0 saturated carbocycles. The summed E-state index contributed by atoms with van der Waals surface area (Å²) in [6.07, 6.45) is 1.91. The van der Waals surface area contributed by atoms with Gasteiger partial charge in [-0.3, -0.25) is 4.79 Å². The fourth-order valence-corrected chi connectivity index (χ4v) is 5.03. The van der Waals surface area contributed by atoms with Crippen LogP contribution in [0.1, 0.15) is 27.5 Å². The molecule has 0 bridgehead atoms. The summed E-state index contributed by atoms with van der Waals surface area (Å²) < 4.78 is 6.23. The summed E-state index contributed by atoms with van der Waals surface area (Å²) in [6.45, 7) is 0.984. The number of ether oxygens (including phenoxy) is 1. The van der Waals surface area contributed by atoms with Gasteiger partial charge in [-0.05, 0) is 29.3 Å². The Bertz CT molecular complexity index is 1440. The van der Waals surface area contributed by atoms with E-state index in [0.717, 1.165) is 44.4 Å². The second-order valence-corrected chi connectivity index (χ2v) is 8.69. The molecule has 5 nitrogen and oxygen atoms in total. The number of anilines is 1. The van der Waals surface area contributed by atoms with E-state index in [-0.39, 0.29) is 11.8 Å². The Morgan fingerprint density at radius 1 is 1.06 bits per heavy atom. The third-order valence-electron chi connectivity index (χ3n) is 6.36. The van der Waals surface area contributed by atoms with Crippen molar-refractivity contribution < 1.29 is 9.53 Å². The second-order valence-electron chi connectivity index (χ2n) is 8.39. The molecule has 164 valence electrons. The predicted molar refractivity (Wildman–Crippen MR) is 133 cm³/mol. The Balaban J connectivity index is 1.42. The van der Waals surface area contributed by atoms with Crippen molar-refractivity contribution in [1.82, 2.24) is 9.97 Å². The number of nitrogens with one attached hydrogen (secondary N) is 2. The van der Waals surface area contributed by atoms with Gasteiger partial charge in [0.2, 0.25) is 0 Å². The number of para-hydroxylation sites is 1. The Morgan fingerprint density at radius 2 is 1.88 bits per heavy atom. The monoisotopic (exact) mass is 455 g/mol. The van der Waals surface area contributed by atoms with E-state index in [1.54, 1.807) is 0 Å². The van der Waals surface area contributed by atoms with Crippen LogP contribution < -0.4 is 9.64 Å². The van der Waals surface area contributed by atoms with Crippen LogP contribution in [0, 0.1) is 0 Å². The van der Waals surface area contributed by atoms with Crippen LogP contribution in [0.3, 0.4) is 0 Å². The summed E-state index contributed by atoms with van der Waals surface area (Å²) in [6, 6.07) is 23.9. The number of aromatic amines is 2. The van der Waals surface area contributed by atoms with E-state index >= 15 is 0 Å². The molecule has 0 spiro atoms. The molecular weight excluding hydrogens is 434 g/mol. The van der Waals surface area contributed by atoms with Gasteiger partial charge in [-0.1, -0.05) is 48.5 Å². The van der Waals surface area contributed by atoms with Crippen LogP contribution in [0.4, 0.5) is 5.69 Å². The van der Waals surface area contributed by atoms with Crippen LogP contribution in [0.2, 0.25) is 0 Å². The van der Waals surface area contributed by atoms with E-state index in [0.29, 0.717) is 24.7 Å². The van der Waals surface area contributed by atoms with Gasteiger partial charge in [0, 0.05) is 46.9 Å². The minimum absolute atomic E-state index is 0.0523. The van der Waals surface area contributed by atoms with Crippen molar-refractivity contribution in [2.24, 2.45) is 0 Å². The van der Waals surface area contributed by atoms with Crippen molar-refractivity contribution >= 4 is 45.0 Å². The molecule has 0 unspecified atom stereocenters. The number of rotatable bonds is 5. The Hall–Kier alpha value is -3.70. The summed E-state index contributed by atoms with van der Waals surface area (Å²) in [5, 5.41) is 2.07. The highest BCUT2D eigenvalue weighted by molar-refractivity contribution is 6.19. The van der Waals surface area contributed by atoms with Crippen LogP contribution in [-0.2, 0) is 6.61 Å². The van der Waals surface area contributed by atoms with Gasteiger partial charge in [-0.15, -0.1) is 11.6 Å². The molecule has 0 saturated heterocycles. The number of hydrogen-bond donors (Lipinski definition) is 2. The first-order chi connectivity index (χ1) is 16.2. The molecule has 33 heavy (non-hydrogen) atoms. The highest BCUT2D eigenvalue weighted by Crippen LogP contribution is 2.45. The lowest BCUT2D eigenvalue weighted by Crippen LogP contribution is -2.30. The first-order valence-corrected chi connectivity index (χ1v) is 11.5. The number of amides is 1. The quantitative estimate of drug-likeness (QED) is 0.309. The molecule has 3 heterocycles. The fourth-order valence-electron chi connectivity index (χ4n) is 4.77. The Labute approximate surface area is 195 Å². The van der Waals surface area contributed by atoms with Crippen LogP contribution in [0.5, 0.6) is 5.75 Å². The number of fused-ring (bicyclic) bond motifs is 4. The van der Waals surface area contributed by atoms with Crippen LogP contribution in [-0.4, -0.2) is 28.3 Å². The minimum atomic E-state index is -0.0658. The van der Waals surface area contributed by atoms with Gasteiger partial charge in [0.15, 0.2) is 0 Å². The third kappa shape index (κ3) is 3.36. The standard InChI is InChI=1S/C27H22ClN3O2/c28-14-19-15-31(27(32)22-12-18-8-4-5-9-21(18)30-22)23-13-24(26-20(25(19)23)10-11-29-26)33-16-17-6-2-1-3-7-17/h1-13,19,29-30H,14-16H2/t19-/m1/s1. The lowest BCUT2D eigenvalue weighted by Gasteiger charge is -2.18. The van der Waals surface area contributed by atoms with Gasteiger partial charge >= 0.3 is 0 Å². The SMILES string of the molecule is O=C(c1cc2ccccc2[nH]1)N1C[C@@H](CCl)c2c1cc(OCc1ccccc1)c1[nH]ccc21. The van der Waals surface area contributed by atoms with Gasteiger partial charge < -0.3 is 19.6 Å². The molecule has 1 aliphatic rings. The first-order valence-electron chi connectivity index (χ1n) is 11.0. The Morgan fingerprint density at radius 3 is 2.70 bits per heavy atom. The van der Waals surface area contributed by atoms with Crippen molar-refractivity contribution in [1.29, 1.82) is 0 Å². The summed E-state index contributed by atoms with van der Waals surface area (Å²) >= 11 is 6.38. The van der Waals surface area contributed by atoms with Crippen molar-refractivity contribution in [2.45, 2.75) is 12.5 Å². The number of halogens is 1. The molecule has 6 rings (SSSR count). The normalized spacial score (nSPS) is 15.3. The van der Waals surface area contributed by atoms with Crippen LogP contribution >= 0.6 is 11.6 Å². The lowest BCUT2D eigenvalue weighted by atomic mass is 9.99. The summed E-state index contributed by atoms with van der Waals surface area (Å²) in [7, 11) is 0. The van der Waals surface area contributed by atoms with Crippen molar-refractivity contribution in [3.05, 3.63) is 95.8 Å². The number of nitrogens with zero attached hydrogens (tertiary/aromatic N) is 1. The van der Waals surface area contributed by atoms with E-state index in [1.807, 2.05) is 83.9 Å². The molecule has 0 fully saturated rings. The third-order valence-corrected chi connectivity index (χ3v) is 6.73. The number of aromatic nitrogens is 2. The maximum Gasteiger partial charge on any atom is 0.274 e. The zero-order valence-corrected chi connectivity index (χ0v) is 18.6. The van der Waals surface area contributed by atoms with E-state index in [2.05, 4.69) is 9.97 Å². The molecule has 1 aliphatic heterocycles. The van der Waals surface area contributed by atoms with Crippen molar-refractivity contribution in [2.75, 3.05) is 17.3 Å². The van der Waals surface area contributed by atoms with E-state index < -0.39 is 0 Å². The molecule has 6 heteroatoms. The van der Waals surface area contributed by atoms with Gasteiger partial charge in [0.25, 0.3) is 5.91 Å². The second kappa shape index (κ2) is 8.01. The smallest absolute Gasteiger partial charge is 0.274 e. The largest absolute Gasteiger partial charge is 0.487 e. The van der Waals surface area contributed by atoms with Gasteiger partial charge in [0.05, 0.1) is 11.2 Å². The average molecular weight is 456 g/mol. The summed E-state index contributed by atoms with van der Waals surface area (Å²) in [5.74, 6) is 1.15. The van der Waals surface area contributed by atoms with Crippen LogP contribution in [0.15, 0.2) is 79.0 Å². The first kappa shape index (κ1) is 19.9. The molecule has 0 aliphatic carbocycles. The topological polar surface area (TPSA) is 61.1 Å². The highest BCUT2D eigenvalue weighted by Gasteiger charge is 2.35. The van der Waals surface area contributed by atoms with Crippen molar-refractivity contribution in [3.8, 4) is 5.75 Å². The van der Waals surface area contributed by atoms with Gasteiger partial charge in [0.1, 0.15) is 18.1 Å². The van der Waals surface area contributed by atoms with E-state index in [1.165, 1.54) is 0 Å². The van der Waals surface area contributed by atoms with Crippen LogP contribution in [0.25, 0.3) is 21.8 Å².